The number of anilines is 1. The zero-order valence-corrected chi connectivity index (χ0v) is 17.3. The summed E-state index contributed by atoms with van der Waals surface area (Å²) in [6, 6.07) is 8.37. The van der Waals surface area contributed by atoms with Gasteiger partial charge in [-0.1, -0.05) is 6.07 Å². The highest BCUT2D eigenvalue weighted by Crippen LogP contribution is 2.41. The summed E-state index contributed by atoms with van der Waals surface area (Å²) in [5, 5.41) is 13.5. The van der Waals surface area contributed by atoms with Crippen molar-refractivity contribution in [1.29, 1.82) is 0 Å². The molecule has 0 unspecified atom stereocenters. The van der Waals surface area contributed by atoms with Crippen LogP contribution in [0.1, 0.15) is 32.6 Å². The molecule has 1 amide bonds. The third-order valence-electron chi connectivity index (χ3n) is 6.69. The zero-order valence-electron chi connectivity index (χ0n) is 17.3. The van der Waals surface area contributed by atoms with E-state index < -0.39 is 0 Å². The number of amides is 1. The van der Waals surface area contributed by atoms with Crippen LogP contribution in [0.5, 0.6) is 0 Å². The molecule has 0 atom stereocenters. The minimum Gasteiger partial charge on any atom is -0.351 e. The molecule has 0 bridgehead atoms. The number of likely N-dealkylation sites (tertiary alicyclic amines) is 1. The lowest BCUT2D eigenvalue weighted by atomic mass is 9.73. The molecule has 1 aliphatic carbocycles. The summed E-state index contributed by atoms with van der Waals surface area (Å²) < 4.78 is 0. The summed E-state index contributed by atoms with van der Waals surface area (Å²) in [6.45, 7) is 3.07. The highest BCUT2D eigenvalue weighted by molar-refractivity contribution is 5.96. The van der Waals surface area contributed by atoms with Crippen molar-refractivity contribution in [3.8, 4) is 11.1 Å². The maximum atomic E-state index is 12.1. The lowest BCUT2D eigenvalue weighted by molar-refractivity contribution is -0.136. The number of benzene rings is 1. The van der Waals surface area contributed by atoms with Gasteiger partial charge in [-0.05, 0) is 49.9 Å². The van der Waals surface area contributed by atoms with Crippen LogP contribution in [0.15, 0.2) is 42.9 Å². The number of rotatable bonds is 4. The van der Waals surface area contributed by atoms with Crippen LogP contribution in [0.3, 0.4) is 0 Å². The van der Waals surface area contributed by atoms with E-state index in [9.17, 15) is 4.79 Å². The Morgan fingerprint density at radius 3 is 3.00 bits per heavy atom. The second-order valence-corrected chi connectivity index (χ2v) is 8.86. The Morgan fingerprint density at radius 2 is 2.16 bits per heavy atom. The van der Waals surface area contributed by atoms with E-state index in [-0.39, 0.29) is 11.6 Å². The van der Waals surface area contributed by atoms with Gasteiger partial charge in [-0.3, -0.25) is 4.79 Å². The first kappa shape index (κ1) is 18.2. The molecule has 0 radical (unpaired) electrons. The van der Waals surface area contributed by atoms with Gasteiger partial charge in [-0.2, -0.15) is 15.2 Å². The number of aromatic nitrogens is 5. The number of aromatic amines is 1. The SMILES string of the molecule is CC1(N2CCCC2=O)CC(Nc2ncc3c(-c4ccc5nnccc5c4)c[nH]c3n2)C1. The maximum Gasteiger partial charge on any atom is 0.224 e. The van der Waals surface area contributed by atoms with E-state index in [1.54, 1.807) is 6.20 Å². The molecule has 8 heteroatoms. The normalized spacial score (nSPS) is 23.5. The van der Waals surface area contributed by atoms with Crippen molar-refractivity contribution in [3.05, 3.63) is 42.9 Å². The molecule has 31 heavy (non-hydrogen) atoms. The number of H-pyrrole nitrogens is 1. The summed E-state index contributed by atoms with van der Waals surface area (Å²) in [5.74, 6) is 0.910. The monoisotopic (exact) mass is 413 g/mol. The highest BCUT2D eigenvalue weighted by Gasteiger charge is 2.48. The van der Waals surface area contributed by atoms with Crippen LogP contribution >= 0.6 is 0 Å². The first-order valence-electron chi connectivity index (χ1n) is 10.7. The van der Waals surface area contributed by atoms with E-state index in [1.165, 1.54) is 0 Å². The first-order valence-corrected chi connectivity index (χ1v) is 10.7. The van der Waals surface area contributed by atoms with Gasteiger partial charge in [0.1, 0.15) is 5.65 Å². The van der Waals surface area contributed by atoms with E-state index in [4.69, 9.17) is 0 Å². The van der Waals surface area contributed by atoms with Crippen molar-refractivity contribution >= 4 is 33.8 Å². The smallest absolute Gasteiger partial charge is 0.224 e. The fourth-order valence-electron chi connectivity index (χ4n) is 5.10. The topological polar surface area (TPSA) is 99.7 Å². The van der Waals surface area contributed by atoms with Gasteiger partial charge in [-0.15, -0.1) is 0 Å². The van der Waals surface area contributed by atoms with Crippen LogP contribution in [-0.4, -0.2) is 54.1 Å². The number of fused-ring (bicyclic) bond motifs is 2. The molecule has 1 aromatic carbocycles. The predicted molar refractivity (Wildman–Crippen MR) is 118 cm³/mol. The summed E-state index contributed by atoms with van der Waals surface area (Å²) in [5.41, 5.74) is 3.79. The molecular weight excluding hydrogens is 390 g/mol. The standard InChI is InChI=1S/C23H23N7O/c1-23(30-8-2-3-20(30)31)10-16(11-23)27-22-25-13-18-17(12-24-21(18)28-22)14-4-5-19-15(9-14)6-7-26-29-19/h4-7,9,12-13,16H,2-3,8,10-11H2,1H3,(H2,24,25,27,28). The average Bonchev–Trinajstić information content (AvgIpc) is 3.38. The van der Waals surface area contributed by atoms with Gasteiger partial charge in [0, 0.05) is 53.3 Å². The number of carbonyl (C=O) groups excluding carboxylic acids is 1. The lowest BCUT2D eigenvalue weighted by Crippen LogP contribution is -2.59. The van der Waals surface area contributed by atoms with Gasteiger partial charge in [0.05, 0.1) is 11.7 Å². The van der Waals surface area contributed by atoms with Gasteiger partial charge in [0.15, 0.2) is 0 Å². The Labute approximate surface area is 179 Å². The van der Waals surface area contributed by atoms with Crippen molar-refractivity contribution in [2.24, 2.45) is 0 Å². The molecule has 1 aliphatic heterocycles. The number of hydrogen-bond acceptors (Lipinski definition) is 6. The van der Waals surface area contributed by atoms with Gasteiger partial charge >= 0.3 is 0 Å². The van der Waals surface area contributed by atoms with Crippen LogP contribution < -0.4 is 5.32 Å². The van der Waals surface area contributed by atoms with Gasteiger partial charge < -0.3 is 15.2 Å². The minimum absolute atomic E-state index is 0.0323. The molecule has 6 rings (SSSR count). The molecule has 1 saturated carbocycles. The van der Waals surface area contributed by atoms with Crippen molar-refractivity contribution in [1.82, 2.24) is 30.0 Å². The quantitative estimate of drug-likeness (QED) is 0.531. The van der Waals surface area contributed by atoms with E-state index in [1.807, 2.05) is 30.6 Å². The minimum atomic E-state index is -0.0323. The Hall–Kier alpha value is -3.55. The molecule has 8 nitrogen and oxygen atoms in total. The third-order valence-corrected chi connectivity index (χ3v) is 6.69. The molecule has 1 saturated heterocycles. The summed E-state index contributed by atoms with van der Waals surface area (Å²) >= 11 is 0. The Kier molecular flexibility index (Phi) is 3.96. The summed E-state index contributed by atoms with van der Waals surface area (Å²) in [7, 11) is 0. The highest BCUT2D eigenvalue weighted by atomic mass is 16.2. The van der Waals surface area contributed by atoms with Crippen molar-refractivity contribution < 1.29 is 4.79 Å². The van der Waals surface area contributed by atoms with Gasteiger partial charge in [0.2, 0.25) is 11.9 Å². The molecule has 2 N–H and O–H groups in total. The Bertz CT molecular complexity index is 1310. The molecule has 0 spiro atoms. The molecule has 2 fully saturated rings. The molecular formula is C23H23N7O. The molecule has 4 aromatic rings. The van der Waals surface area contributed by atoms with Crippen LogP contribution in [0.25, 0.3) is 33.1 Å². The van der Waals surface area contributed by atoms with Crippen LogP contribution in [0, 0.1) is 0 Å². The van der Waals surface area contributed by atoms with Crippen molar-refractivity contribution in [2.75, 3.05) is 11.9 Å². The number of nitrogens with zero attached hydrogens (tertiary/aromatic N) is 5. The second kappa shape index (κ2) is 6.73. The van der Waals surface area contributed by atoms with Crippen molar-refractivity contribution in [2.45, 2.75) is 44.2 Å². The fourth-order valence-corrected chi connectivity index (χ4v) is 5.10. The summed E-state index contributed by atoms with van der Waals surface area (Å²) in [4.78, 5) is 26.7. The lowest BCUT2D eigenvalue weighted by Gasteiger charge is -2.51. The molecule has 2 aliphatic rings. The number of carbonyl (C=O) groups is 1. The van der Waals surface area contributed by atoms with Gasteiger partial charge in [0.25, 0.3) is 0 Å². The van der Waals surface area contributed by atoms with E-state index in [0.29, 0.717) is 18.3 Å². The maximum absolute atomic E-state index is 12.1. The van der Waals surface area contributed by atoms with E-state index in [2.05, 4.69) is 48.4 Å². The molecule has 3 aromatic heterocycles. The largest absolute Gasteiger partial charge is 0.351 e. The van der Waals surface area contributed by atoms with Crippen LogP contribution in [0.4, 0.5) is 5.95 Å². The first-order chi connectivity index (χ1) is 15.1. The Morgan fingerprint density at radius 1 is 1.26 bits per heavy atom. The predicted octanol–water partition coefficient (Wildman–Crippen LogP) is 3.52. The number of hydrogen-bond donors (Lipinski definition) is 2. The number of nitrogens with one attached hydrogen (secondary N) is 2. The van der Waals surface area contributed by atoms with E-state index in [0.717, 1.165) is 58.9 Å². The average molecular weight is 413 g/mol. The molecule has 156 valence electrons. The second-order valence-electron chi connectivity index (χ2n) is 8.86. The van der Waals surface area contributed by atoms with Crippen LogP contribution in [0.2, 0.25) is 0 Å². The van der Waals surface area contributed by atoms with Crippen molar-refractivity contribution in [3.63, 3.8) is 0 Å². The third kappa shape index (κ3) is 3.01. The molecule has 4 heterocycles. The fraction of sp³-hybridized carbons (Fsp3) is 0.348. The Balaban J connectivity index is 1.21. The van der Waals surface area contributed by atoms with Gasteiger partial charge in [-0.25, -0.2) is 4.98 Å². The van der Waals surface area contributed by atoms with E-state index >= 15 is 0 Å². The summed E-state index contributed by atoms with van der Waals surface area (Å²) in [6.07, 6.45) is 9.06. The zero-order chi connectivity index (χ0) is 21.0. The van der Waals surface area contributed by atoms with Crippen LogP contribution in [-0.2, 0) is 4.79 Å².